The molecular formula is C5H11NO2. The van der Waals surface area contributed by atoms with Gasteiger partial charge < -0.3 is 5.11 Å². The number of hydroxylamine groups is 1. The summed E-state index contributed by atoms with van der Waals surface area (Å²) in [5.41, 5.74) is 2.02. The van der Waals surface area contributed by atoms with Crippen LogP contribution < -0.4 is 5.48 Å². The van der Waals surface area contributed by atoms with Gasteiger partial charge in [0.2, 0.25) is 0 Å². The van der Waals surface area contributed by atoms with Crippen molar-refractivity contribution in [3.05, 3.63) is 0 Å². The average Bonchev–Trinajstić information content (AvgIpc) is 2.17. The summed E-state index contributed by atoms with van der Waals surface area (Å²) in [6, 6.07) is 0. The van der Waals surface area contributed by atoms with Crippen molar-refractivity contribution in [2.24, 2.45) is 0 Å². The van der Waals surface area contributed by atoms with Crippen LogP contribution in [0.25, 0.3) is 0 Å². The van der Waals surface area contributed by atoms with Crippen LogP contribution in [-0.4, -0.2) is 23.9 Å². The lowest BCUT2D eigenvalue weighted by Crippen LogP contribution is -2.32. The highest BCUT2D eigenvalue weighted by atomic mass is 16.7. The van der Waals surface area contributed by atoms with E-state index in [1.54, 1.807) is 0 Å². The molecule has 48 valence electrons. The molecule has 0 aliphatic carbocycles. The summed E-state index contributed by atoms with van der Waals surface area (Å²) in [4.78, 5) is 4.75. The quantitative estimate of drug-likeness (QED) is 0.494. The molecule has 0 aromatic rings. The Bertz CT molecular complexity index is 78.5. The van der Waals surface area contributed by atoms with Gasteiger partial charge in [0.25, 0.3) is 0 Å². The lowest BCUT2D eigenvalue weighted by molar-refractivity contribution is 0.0195. The predicted molar refractivity (Wildman–Crippen MR) is 29.2 cm³/mol. The molecule has 0 radical (unpaired) electrons. The van der Waals surface area contributed by atoms with Gasteiger partial charge >= 0.3 is 0 Å². The maximum absolute atomic E-state index is 9.31. The van der Waals surface area contributed by atoms with E-state index in [0.29, 0.717) is 13.2 Å². The Morgan fingerprint density at radius 1 is 1.88 bits per heavy atom. The zero-order valence-electron chi connectivity index (χ0n) is 4.98. The van der Waals surface area contributed by atoms with Gasteiger partial charge in [-0.2, -0.15) is 5.48 Å². The molecule has 1 fully saturated rings. The Morgan fingerprint density at radius 3 is 2.88 bits per heavy atom. The summed E-state index contributed by atoms with van der Waals surface area (Å²) in [6.45, 7) is 2.92. The molecule has 0 aromatic carbocycles. The molecule has 8 heavy (non-hydrogen) atoms. The zero-order valence-corrected chi connectivity index (χ0v) is 4.98. The van der Waals surface area contributed by atoms with E-state index >= 15 is 0 Å². The first-order valence-corrected chi connectivity index (χ1v) is 2.84. The number of rotatable bonds is 1. The van der Waals surface area contributed by atoms with Crippen LogP contribution in [0.4, 0.5) is 0 Å². The summed E-state index contributed by atoms with van der Waals surface area (Å²) in [5, 5.41) is 9.31. The Labute approximate surface area is 48.6 Å². The SMILES string of the molecule is CC[C@]1(O)CNOC1. The number of β-amino-alcohol motifs (C(OH)–C–C–N with tert-alkyl or cyclic N) is 1. The summed E-state index contributed by atoms with van der Waals surface area (Å²) >= 11 is 0. The van der Waals surface area contributed by atoms with Crippen molar-refractivity contribution in [3.8, 4) is 0 Å². The molecule has 1 aliphatic heterocycles. The van der Waals surface area contributed by atoms with Crippen LogP contribution in [0.3, 0.4) is 0 Å². The van der Waals surface area contributed by atoms with Crippen molar-refractivity contribution in [1.82, 2.24) is 5.48 Å². The molecule has 0 spiro atoms. The van der Waals surface area contributed by atoms with Gasteiger partial charge in [-0.15, -0.1) is 0 Å². The largest absolute Gasteiger partial charge is 0.386 e. The first-order chi connectivity index (χ1) is 3.77. The van der Waals surface area contributed by atoms with Gasteiger partial charge in [-0.3, -0.25) is 4.84 Å². The lowest BCUT2D eigenvalue weighted by atomic mass is 10.0. The highest BCUT2D eigenvalue weighted by Gasteiger charge is 2.29. The van der Waals surface area contributed by atoms with Gasteiger partial charge in [0.1, 0.15) is 5.60 Å². The second kappa shape index (κ2) is 2.01. The van der Waals surface area contributed by atoms with Crippen LogP contribution in [0.2, 0.25) is 0 Å². The Kier molecular flexibility index (Phi) is 1.51. The Hall–Kier alpha value is -0.120. The van der Waals surface area contributed by atoms with E-state index in [1.807, 2.05) is 6.92 Å². The van der Waals surface area contributed by atoms with Gasteiger partial charge in [0.05, 0.1) is 13.2 Å². The van der Waals surface area contributed by atoms with E-state index in [1.165, 1.54) is 0 Å². The second-order valence-corrected chi connectivity index (χ2v) is 2.19. The van der Waals surface area contributed by atoms with E-state index < -0.39 is 5.60 Å². The third kappa shape index (κ3) is 0.992. The molecule has 1 aliphatic rings. The fourth-order valence-electron chi connectivity index (χ4n) is 0.649. The van der Waals surface area contributed by atoms with Crippen molar-refractivity contribution in [3.63, 3.8) is 0 Å². The molecule has 0 saturated carbocycles. The van der Waals surface area contributed by atoms with Gasteiger partial charge in [-0.05, 0) is 6.42 Å². The molecule has 0 bridgehead atoms. The molecule has 1 atom stereocenters. The molecule has 1 rings (SSSR count). The van der Waals surface area contributed by atoms with Crippen LogP contribution in [0, 0.1) is 0 Å². The lowest BCUT2D eigenvalue weighted by Gasteiger charge is -2.14. The Balaban J connectivity index is 2.40. The van der Waals surface area contributed by atoms with E-state index in [4.69, 9.17) is 4.84 Å². The molecule has 3 heteroatoms. The van der Waals surface area contributed by atoms with Crippen LogP contribution in [0.1, 0.15) is 13.3 Å². The third-order valence-electron chi connectivity index (χ3n) is 1.50. The normalized spacial score (nSPS) is 38.2. The molecule has 0 unspecified atom stereocenters. The number of nitrogens with one attached hydrogen (secondary N) is 1. The van der Waals surface area contributed by atoms with Gasteiger partial charge in [-0.1, -0.05) is 6.92 Å². The molecule has 0 aromatic heterocycles. The molecule has 1 saturated heterocycles. The predicted octanol–water partition coefficient (Wildman–Crippen LogP) is -0.338. The van der Waals surface area contributed by atoms with Crippen LogP contribution in [0.15, 0.2) is 0 Å². The van der Waals surface area contributed by atoms with Crippen molar-refractivity contribution in [2.45, 2.75) is 18.9 Å². The van der Waals surface area contributed by atoms with E-state index in [-0.39, 0.29) is 0 Å². The number of hydrogen-bond donors (Lipinski definition) is 2. The van der Waals surface area contributed by atoms with Gasteiger partial charge in [-0.25, -0.2) is 0 Å². The van der Waals surface area contributed by atoms with Crippen LogP contribution >= 0.6 is 0 Å². The van der Waals surface area contributed by atoms with Gasteiger partial charge in [0, 0.05) is 0 Å². The van der Waals surface area contributed by atoms with Crippen molar-refractivity contribution in [2.75, 3.05) is 13.2 Å². The Morgan fingerprint density at radius 2 is 2.62 bits per heavy atom. The first kappa shape index (κ1) is 6.01. The summed E-state index contributed by atoms with van der Waals surface area (Å²) < 4.78 is 0. The third-order valence-corrected chi connectivity index (χ3v) is 1.50. The average molecular weight is 117 g/mol. The topological polar surface area (TPSA) is 41.5 Å². The standard InChI is InChI=1S/C5H11NO2/c1-2-5(7)3-6-8-4-5/h6-7H,2-4H2,1H3/t5-/m0/s1. The smallest absolute Gasteiger partial charge is 0.104 e. The second-order valence-electron chi connectivity index (χ2n) is 2.19. The summed E-state index contributed by atoms with van der Waals surface area (Å²) in [7, 11) is 0. The van der Waals surface area contributed by atoms with Crippen molar-refractivity contribution >= 4 is 0 Å². The van der Waals surface area contributed by atoms with Gasteiger partial charge in [0.15, 0.2) is 0 Å². The minimum Gasteiger partial charge on any atom is -0.386 e. The highest BCUT2D eigenvalue weighted by molar-refractivity contribution is 4.80. The van der Waals surface area contributed by atoms with Crippen molar-refractivity contribution < 1.29 is 9.94 Å². The van der Waals surface area contributed by atoms with Crippen LogP contribution in [0.5, 0.6) is 0 Å². The number of hydrogen-bond acceptors (Lipinski definition) is 3. The summed E-state index contributed by atoms with van der Waals surface area (Å²) in [5.74, 6) is 0. The molecule has 2 N–H and O–H groups in total. The first-order valence-electron chi connectivity index (χ1n) is 2.84. The van der Waals surface area contributed by atoms with E-state index in [9.17, 15) is 5.11 Å². The fraction of sp³-hybridized carbons (Fsp3) is 1.00. The monoisotopic (exact) mass is 117 g/mol. The fourth-order valence-corrected chi connectivity index (χ4v) is 0.649. The maximum Gasteiger partial charge on any atom is 0.104 e. The molecule has 0 amide bonds. The zero-order chi connectivity index (χ0) is 6.04. The highest BCUT2D eigenvalue weighted by Crippen LogP contribution is 2.12. The molecule has 1 heterocycles. The van der Waals surface area contributed by atoms with Crippen molar-refractivity contribution in [1.29, 1.82) is 0 Å². The molecule has 3 nitrogen and oxygen atoms in total. The van der Waals surface area contributed by atoms with E-state index in [2.05, 4.69) is 5.48 Å². The maximum atomic E-state index is 9.31. The minimum absolute atomic E-state index is 0.420. The number of aliphatic hydroxyl groups is 1. The van der Waals surface area contributed by atoms with E-state index in [0.717, 1.165) is 6.42 Å². The van der Waals surface area contributed by atoms with Crippen LogP contribution in [-0.2, 0) is 4.84 Å². The minimum atomic E-state index is -0.597. The summed E-state index contributed by atoms with van der Waals surface area (Å²) in [6.07, 6.45) is 0.750. The molecular weight excluding hydrogens is 106 g/mol.